The van der Waals surface area contributed by atoms with Gasteiger partial charge < -0.3 is 214 Å². The Morgan fingerprint density at radius 1 is 0.252 bits per heavy atom. The van der Waals surface area contributed by atoms with Gasteiger partial charge in [-0.15, -0.1) is 0 Å². The molecule has 0 saturated carbocycles. The first-order valence-electron chi connectivity index (χ1n) is 33.2. The van der Waals surface area contributed by atoms with E-state index in [1.807, 2.05) is 0 Å². The van der Waals surface area contributed by atoms with Crippen molar-refractivity contribution in [2.75, 3.05) is 39.6 Å². The zero-order chi connectivity index (χ0) is 75.8. The molecule has 0 bridgehead atoms. The number of hydrogen-bond acceptors (Lipinski definition) is 43. The van der Waals surface area contributed by atoms with Gasteiger partial charge in [-0.05, 0) is 20.8 Å². The number of aliphatic hydroxyl groups is 24. The molecule has 9 rings (SSSR count). The van der Waals surface area contributed by atoms with Crippen molar-refractivity contribution < 1.29 is 213 Å². The van der Waals surface area contributed by atoms with Crippen molar-refractivity contribution in [2.45, 2.75) is 311 Å². The van der Waals surface area contributed by atoms with Gasteiger partial charge in [0.1, 0.15) is 201 Å². The summed E-state index contributed by atoms with van der Waals surface area (Å²) in [4.78, 5) is 27.0. The van der Waals surface area contributed by atoms with Crippen LogP contribution in [0.15, 0.2) is 0 Å². The fourth-order valence-electron chi connectivity index (χ4n) is 13.6. The van der Waals surface area contributed by atoms with Gasteiger partial charge >= 0.3 is 0 Å². The maximum atomic E-state index is 13.6. The van der Waals surface area contributed by atoms with Crippen LogP contribution in [-0.4, -0.2) is 450 Å². The lowest BCUT2D eigenvalue weighted by atomic mass is 9.93. The van der Waals surface area contributed by atoms with Gasteiger partial charge in [-0.1, -0.05) is 0 Å². The Bertz CT molecular complexity index is 2660. The molecule has 9 heterocycles. The summed E-state index contributed by atoms with van der Waals surface area (Å²) in [5, 5.41) is 270. The van der Waals surface area contributed by atoms with E-state index in [4.69, 9.17) is 80.5 Å². The largest absolute Gasteiger partial charge is 0.394 e. The third-order valence-electron chi connectivity index (χ3n) is 19.5. The second-order valence-corrected chi connectivity index (χ2v) is 26.6. The highest BCUT2D eigenvalue weighted by Gasteiger charge is 2.62. The lowest BCUT2D eigenvalue weighted by molar-refractivity contribution is -0.404. The molecule has 45 atom stereocenters. The van der Waals surface area contributed by atoms with Crippen LogP contribution in [0.1, 0.15) is 34.6 Å². The molecule has 2 amide bonds. The van der Waals surface area contributed by atoms with Crippen molar-refractivity contribution in [3.05, 3.63) is 0 Å². The average molecular weight is 1510 g/mol. The topological polar surface area (TPSA) is 701 Å². The maximum absolute atomic E-state index is 13.6. The van der Waals surface area contributed by atoms with E-state index in [0.29, 0.717) is 0 Å². The number of hydrogen-bond donors (Lipinski definition) is 26. The van der Waals surface area contributed by atoms with Gasteiger partial charge in [-0.2, -0.15) is 0 Å². The zero-order valence-corrected chi connectivity index (χ0v) is 55.7. The van der Waals surface area contributed by atoms with Crippen LogP contribution in [0.2, 0.25) is 0 Å². The van der Waals surface area contributed by atoms with E-state index in [9.17, 15) is 132 Å². The third-order valence-corrected chi connectivity index (χ3v) is 19.5. The summed E-state index contributed by atoms with van der Waals surface area (Å²) < 4.78 is 102. The lowest BCUT2D eigenvalue weighted by Gasteiger charge is -2.53. The first-order valence-corrected chi connectivity index (χ1v) is 33.2. The number of aliphatic hydroxyl groups excluding tert-OH is 24. The first kappa shape index (κ1) is 84.3. The molecule has 0 radical (unpaired) electrons. The van der Waals surface area contributed by atoms with Crippen molar-refractivity contribution in [3.63, 3.8) is 0 Å². The number of carbonyl (C=O) groups excluding carboxylic acids is 2. The van der Waals surface area contributed by atoms with E-state index in [1.54, 1.807) is 0 Å². The van der Waals surface area contributed by atoms with Crippen molar-refractivity contribution >= 4 is 11.8 Å². The van der Waals surface area contributed by atoms with Crippen LogP contribution in [0.4, 0.5) is 0 Å². The van der Waals surface area contributed by atoms with Crippen LogP contribution in [0.5, 0.6) is 0 Å². The Kier molecular flexibility index (Phi) is 29.5. The molecule has 0 spiro atoms. The Balaban J connectivity index is 1.07. The summed E-state index contributed by atoms with van der Waals surface area (Å²) in [7, 11) is 0. The fraction of sp³-hybridized carbons (Fsp3) is 0.966. The molecule has 45 heteroatoms. The van der Waals surface area contributed by atoms with E-state index >= 15 is 0 Å². The molecule has 9 fully saturated rings. The number of ether oxygens (including phenoxy) is 17. The van der Waals surface area contributed by atoms with E-state index in [2.05, 4.69) is 10.6 Å². The molecule has 0 aromatic carbocycles. The molecule has 0 aromatic rings. The molecule has 0 aliphatic carbocycles. The van der Waals surface area contributed by atoms with E-state index in [-0.39, 0.29) is 0 Å². The number of carbonyl (C=O) groups is 2. The van der Waals surface area contributed by atoms with Crippen LogP contribution < -0.4 is 10.6 Å². The number of nitrogens with one attached hydrogen (secondary N) is 2. The van der Waals surface area contributed by atoms with Crippen LogP contribution in [0.25, 0.3) is 0 Å². The van der Waals surface area contributed by atoms with Gasteiger partial charge in [-0.25, -0.2) is 0 Å². The van der Waals surface area contributed by atoms with Gasteiger partial charge in [0, 0.05) is 13.8 Å². The van der Waals surface area contributed by atoms with Crippen LogP contribution >= 0.6 is 0 Å². The molecule has 9 saturated heterocycles. The molecule has 0 unspecified atom stereocenters. The second-order valence-electron chi connectivity index (χ2n) is 26.6. The standard InChI is InChI=1S/C58H98N2O43/c1-12-25(69)31(75)37(81)53(87-12)97-44-22(11-66)95-52(24(60-16(5)68)46(44)100-58-49(34(78)28(72)17(6-61)93-58)103-55-39(83)33(77)27(71)14(3)89-55)102-48-30(74)19(8-63)92-57(41(48)85)98-43-21(10-65)94-51(23(59-15(4)67)45(43)99-54-38(82)32(76)26(70)13(2)88-54)101-47-29(73)18(7-62)91-56(40(47)84)96-42-20(9-64)90-50(86)36(80)35(42)79/h12-14,17-58,61-66,69-86H,6-11H2,1-5H3,(H,59,67)(H,60,68)/t12-,13-,14-,17+,18+,19+,20+,21+,22+,23+,24+,25+,26+,27+,28-,29-,30-,31+,32+,33+,34-,35+,36+,37-,38-,39-,40+,41+,42+,43+,44+,45+,46+,47-,48-,49+,50+,51-,52-,53-,54-,55-,56-,57-,58-/m0/s1. The molecule has 9 aliphatic heterocycles. The van der Waals surface area contributed by atoms with Gasteiger partial charge in [0.05, 0.1) is 58.0 Å². The Hall–Kier alpha value is -2.70. The van der Waals surface area contributed by atoms with Crippen LogP contribution in [0, 0.1) is 0 Å². The van der Waals surface area contributed by atoms with Crippen molar-refractivity contribution in [2.24, 2.45) is 0 Å². The molecular formula is C58H98N2O43. The zero-order valence-electron chi connectivity index (χ0n) is 55.7. The van der Waals surface area contributed by atoms with E-state index in [0.717, 1.165) is 13.8 Å². The predicted molar refractivity (Wildman–Crippen MR) is 316 cm³/mol. The number of rotatable bonds is 24. The van der Waals surface area contributed by atoms with Crippen molar-refractivity contribution in [1.82, 2.24) is 10.6 Å². The van der Waals surface area contributed by atoms with Gasteiger partial charge in [0.2, 0.25) is 11.8 Å². The maximum Gasteiger partial charge on any atom is 0.217 e. The highest BCUT2D eigenvalue weighted by molar-refractivity contribution is 5.73. The molecule has 45 nitrogen and oxygen atoms in total. The highest BCUT2D eigenvalue weighted by Crippen LogP contribution is 2.41. The smallest absolute Gasteiger partial charge is 0.217 e. The van der Waals surface area contributed by atoms with Crippen LogP contribution in [-0.2, 0) is 90.1 Å². The van der Waals surface area contributed by atoms with Crippen molar-refractivity contribution in [3.8, 4) is 0 Å². The average Bonchev–Trinajstić information content (AvgIpc) is 0.760. The normalized spacial score (nSPS) is 52.3. The Morgan fingerprint density at radius 3 is 0.883 bits per heavy atom. The highest BCUT2D eigenvalue weighted by atomic mass is 16.8. The summed E-state index contributed by atoms with van der Waals surface area (Å²) in [6.45, 7) is -1.14. The second kappa shape index (κ2) is 36.0. The monoisotopic (exact) mass is 1510 g/mol. The molecule has 9 aliphatic rings. The number of amides is 2. The fourth-order valence-corrected chi connectivity index (χ4v) is 13.6. The SMILES string of the molecule is CC(=O)N[C@H]1[C@H](O[C@H]2[C@@H](O)[C@@H](CO)O[C@@H](O[C@H]3[C@H](O[C@@H]4O[C@@H](C)[C@@H](O)[C@@H](O)[C@@H]4O)[C@@H](NC(C)=O)[C@H](O[C@H]4[C@@H](O)[C@@H](CO)O[C@@H](O[C@H]5[C@H](O)[C@@H](O)[C@H](O)O[C@@H]5CO)[C@@H]4O)O[C@@H]3CO)[C@@H]2O)O[C@H](CO)[C@@H](O[C@@H]2O[C@@H](C)[C@@H](O)[C@@H](O)[C@@H]2O)[C@@H]1O[C@@H]1O[C@H](CO)[C@H](O)[C@H](O)[C@H]1O[C@@H]1O[C@@H](C)[C@@H](O)[C@@H](O)[C@@H]1O. The summed E-state index contributed by atoms with van der Waals surface area (Å²) >= 11 is 0. The molecule has 598 valence electrons. The molecular weight excluding hydrogens is 1410 g/mol. The third kappa shape index (κ3) is 17.9. The van der Waals surface area contributed by atoms with Crippen LogP contribution in [0.3, 0.4) is 0 Å². The Morgan fingerprint density at radius 2 is 0.524 bits per heavy atom. The summed E-state index contributed by atoms with van der Waals surface area (Å²) in [6, 6.07) is -4.05. The molecule has 26 N–H and O–H groups in total. The quantitative estimate of drug-likeness (QED) is 0.0427. The predicted octanol–water partition coefficient (Wildman–Crippen LogP) is -17.3. The summed E-state index contributed by atoms with van der Waals surface area (Å²) in [5.74, 6) is -1.99. The first-order chi connectivity index (χ1) is 48.6. The van der Waals surface area contributed by atoms with Crippen molar-refractivity contribution in [1.29, 1.82) is 0 Å². The van der Waals surface area contributed by atoms with Gasteiger partial charge in [0.25, 0.3) is 0 Å². The molecule has 0 aromatic heterocycles. The van der Waals surface area contributed by atoms with E-state index < -0.39 is 328 Å². The summed E-state index contributed by atoms with van der Waals surface area (Å²) in [5.41, 5.74) is 0. The Labute approximate surface area is 584 Å². The summed E-state index contributed by atoms with van der Waals surface area (Å²) in [6.07, 6.45) is -86.4. The minimum Gasteiger partial charge on any atom is -0.394 e. The minimum absolute atomic E-state index is 0.929. The lowest BCUT2D eigenvalue weighted by Crippen LogP contribution is -2.72. The molecule has 103 heavy (non-hydrogen) atoms. The minimum atomic E-state index is -2.50. The van der Waals surface area contributed by atoms with Gasteiger partial charge in [0.15, 0.2) is 56.6 Å². The van der Waals surface area contributed by atoms with E-state index in [1.165, 1.54) is 20.8 Å². The van der Waals surface area contributed by atoms with Gasteiger partial charge in [-0.3, -0.25) is 9.59 Å².